The Labute approximate surface area is 159 Å². The largest absolute Gasteiger partial charge is 0.325 e. The fourth-order valence-electron chi connectivity index (χ4n) is 2.41. The maximum Gasteiger partial charge on any atom is 0.325 e. The molecule has 0 atom stereocenters. The summed E-state index contributed by atoms with van der Waals surface area (Å²) in [5.41, 5.74) is 1.86. The van der Waals surface area contributed by atoms with Gasteiger partial charge in [0.15, 0.2) is 0 Å². The molecule has 8 heteroatoms. The van der Waals surface area contributed by atoms with Gasteiger partial charge in [-0.05, 0) is 42.3 Å². The second kappa shape index (κ2) is 9.18. The third-order valence-electron chi connectivity index (χ3n) is 3.78. The van der Waals surface area contributed by atoms with E-state index < -0.39 is 22.0 Å². The molecule has 0 saturated heterocycles. The van der Waals surface area contributed by atoms with E-state index in [-0.39, 0.29) is 11.3 Å². The number of para-hydroxylation sites is 1. The van der Waals surface area contributed by atoms with Crippen molar-refractivity contribution in [1.29, 1.82) is 0 Å². The zero-order valence-electron chi connectivity index (χ0n) is 15.3. The molecular formula is C19H23N3O4S. The fourth-order valence-corrected chi connectivity index (χ4v) is 3.51. The number of amides is 3. The van der Waals surface area contributed by atoms with Gasteiger partial charge in [-0.2, -0.15) is 0 Å². The molecule has 3 amide bonds. The summed E-state index contributed by atoms with van der Waals surface area (Å²) in [6, 6.07) is 12.3. The van der Waals surface area contributed by atoms with Gasteiger partial charge < -0.3 is 5.32 Å². The van der Waals surface area contributed by atoms with Crippen molar-refractivity contribution in [2.24, 2.45) is 0 Å². The summed E-state index contributed by atoms with van der Waals surface area (Å²) < 4.78 is 27.9. The van der Waals surface area contributed by atoms with E-state index in [1.807, 2.05) is 19.1 Å². The highest BCUT2D eigenvalue weighted by Gasteiger charge is 2.16. The van der Waals surface area contributed by atoms with Crippen LogP contribution in [0.5, 0.6) is 0 Å². The van der Waals surface area contributed by atoms with Crippen LogP contribution in [-0.2, 0) is 21.2 Å². The molecule has 0 saturated carbocycles. The minimum Gasteiger partial charge on any atom is -0.308 e. The topological polar surface area (TPSA) is 104 Å². The molecule has 144 valence electrons. The summed E-state index contributed by atoms with van der Waals surface area (Å²) in [4.78, 5) is 22.9. The molecule has 0 spiro atoms. The van der Waals surface area contributed by atoms with Crippen LogP contribution in [0.1, 0.15) is 32.3 Å². The lowest BCUT2D eigenvalue weighted by molar-refractivity contribution is -0.119. The number of nitrogens with one attached hydrogen (secondary N) is 3. The average molecular weight is 389 g/mol. The van der Waals surface area contributed by atoms with Gasteiger partial charge in [0.1, 0.15) is 0 Å². The Balaban J connectivity index is 2.11. The number of carbonyl (C=O) groups is 2. The van der Waals surface area contributed by atoms with E-state index in [2.05, 4.69) is 15.4 Å². The molecule has 2 rings (SSSR count). The fraction of sp³-hybridized carbons (Fsp3) is 0.263. The normalized spacial score (nSPS) is 10.9. The van der Waals surface area contributed by atoms with Crippen molar-refractivity contribution in [1.82, 2.24) is 5.32 Å². The molecule has 0 bridgehead atoms. The Kier molecular flexibility index (Phi) is 6.95. The molecule has 0 radical (unpaired) electrons. The van der Waals surface area contributed by atoms with Crippen LogP contribution in [-0.4, -0.2) is 20.4 Å². The van der Waals surface area contributed by atoms with Crippen LogP contribution in [0.4, 0.5) is 16.2 Å². The highest BCUT2D eigenvalue weighted by Crippen LogP contribution is 2.22. The standard InChI is InChI=1S/C19H23N3O4S/c1-3-7-14-8-5-6-9-17(14)22-27(25,26)16-12-10-15(11-13-16)20-19(24)21-18(23)4-2/h5-6,8-13,22H,3-4,7H2,1-2H3,(H2,20,21,23,24). The van der Waals surface area contributed by atoms with E-state index in [1.165, 1.54) is 24.3 Å². The number of sulfonamides is 1. The van der Waals surface area contributed by atoms with Crippen molar-refractivity contribution in [2.75, 3.05) is 10.0 Å². The maximum atomic E-state index is 12.6. The first-order valence-corrected chi connectivity index (χ1v) is 10.2. The summed E-state index contributed by atoms with van der Waals surface area (Å²) in [6.45, 7) is 3.66. The molecule has 2 aromatic carbocycles. The summed E-state index contributed by atoms with van der Waals surface area (Å²) >= 11 is 0. The van der Waals surface area contributed by atoms with Gasteiger partial charge in [-0.1, -0.05) is 38.5 Å². The predicted molar refractivity (Wildman–Crippen MR) is 105 cm³/mol. The third kappa shape index (κ3) is 5.82. The summed E-state index contributed by atoms with van der Waals surface area (Å²) in [7, 11) is -3.75. The number of aryl methyl sites for hydroxylation is 1. The SMILES string of the molecule is CCCc1ccccc1NS(=O)(=O)c1ccc(NC(=O)NC(=O)CC)cc1. The van der Waals surface area contributed by atoms with Gasteiger partial charge in [0.2, 0.25) is 5.91 Å². The predicted octanol–water partition coefficient (Wildman–Crippen LogP) is 3.50. The van der Waals surface area contributed by atoms with Crippen LogP contribution in [0.2, 0.25) is 0 Å². The number of imide groups is 1. The zero-order valence-corrected chi connectivity index (χ0v) is 16.1. The Bertz CT molecular complexity index is 909. The highest BCUT2D eigenvalue weighted by atomic mass is 32.2. The lowest BCUT2D eigenvalue weighted by Crippen LogP contribution is -2.33. The van der Waals surface area contributed by atoms with E-state index in [0.29, 0.717) is 11.4 Å². The van der Waals surface area contributed by atoms with Crippen molar-refractivity contribution in [3.8, 4) is 0 Å². The van der Waals surface area contributed by atoms with Crippen LogP contribution in [0.15, 0.2) is 53.4 Å². The maximum absolute atomic E-state index is 12.6. The molecule has 0 heterocycles. The molecule has 7 nitrogen and oxygen atoms in total. The van der Waals surface area contributed by atoms with E-state index in [0.717, 1.165) is 18.4 Å². The van der Waals surface area contributed by atoms with Crippen LogP contribution in [0.25, 0.3) is 0 Å². The van der Waals surface area contributed by atoms with Crippen molar-refractivity contribution < 1.29 is 18.0 Å². The molecule has 3 N–H and O–H groups in total. The first-order valence-electron chi connectivity index (χ1n) is 8.67. The van der Waals surface area contributed by atoms with Crippen LogP contribution >= 0.6 is 0 Å². The Morgan fingerprint density at radius 3 is 2.26 bits per heavy atom. The molecule has 0 fully saturated rings. The van der Waals surface area contributed by atoms with Gasteiger partial charge in [0, 0.05) is 12.1 Å². The average Bonchev–Trinajstić information content (AvgIpc) is 2.63. The van der Waals surface area contributed by atoms with E-state index >= 15 is 0 Å². The van der Waals surface area contributed by atoms with Gasteiger partial charge in [-0.25, -0.2) is 13.2 Å². The first-order chi connectivity index (χ1) is 12.9. The van der Waals surface area contributed by atoms with Crippen LogP contribution in [0.3, 0.4) is 0 Å². The lowest BCUT2D eigenvalue weighted by atomic mass is 10.1. The minimum atomic E-state index is -3.75. The van der Waals surface area contributed by atoms with Gasteiger partial charge in [0.25, 0.3) is 10.0 Å². The summed E-state index contributed by atoms with van der Waals surface area (Å²) in [5, 5.41) is 4.63. The number of rotatable bonds is 7. The number of benzene rings is 2. The number of hydrogen-bond acceptors (Lipinski definition) is 4. The highest BCUT2D eigenvalue weighted by molar-refractivity contribution is 7.92. The van der Waals surface area contributed by atoms with Gasteiger partial charge in [0.05, 0.1) is 10.6 Å². The minimum absolute atomic E-state index is 0.0735. The molecule has 0 aliphatic carbocycles. The smallest absolute Gasteiger partial charge is 0.308 e. The molecular weight excluding hydrogens is 366 g/mol. The van der Waals surface area contributed by atoms with E-state index in [4.69, 9.17) is 0 Å². The number of anilines is 2. The van der Waals surface area contributed by atoms with Crippen LogP contribution < -0.4 is 15.4 Å². The van der Waals surface area contributed by atoms with E-state index in [1.54, 1.807) is 19.1 Å². The van der Waals surface area contributed by atoms with E-state index in [9.17, 15) is 18.0 Å². The van der Waals surface area contributed by atoms with Gasteiger partial charge in [-0.15, -0.1) is 0 Å². The van der Waals surface area contributed by atoms with Crippen molar-refractivity contribution >= 4 is 33.3 Å². The number of hydrogen-bond donors (Lipinski definition) is 3. The number of carbonyl (C=O) groups excluding carboxylic acids is 2. The van der Waals surface area contributed by atoms with Gasteiger partial charge >= 0.3 is 6.03 Å². The number of urea groups is 1. The molecule has 2 aromatic rings. The van der Waals surface area contributed by atoms with Gasteiger partial charge in [-0.3, -0.25) is 14.8 Å². The lowest BCUT2D eigenvalue weighted by Gasteiger charge is -2.13. The zero-order chi connectivity index (χ0) is 19.9. The van der Waals surface area contributed by atoms with Crippen molar-refractivity contribution in [2.45, 2.75) is 38.0 Å². The quantitative estimate of drug-likeness (QED) is 0.674. The Hall–Kier alpha value is -2.87. The second-order valence-electron chi connectivity index (χ2n) is 5.89. The second-order valence-corrected chi connectivity index (χ2v) is 7.58. The monoisotopic (exact) mass is 389 g/mol. The summed E-state index contributed by atoms with van der Waals surface area (Å²) in [5.74, 6) is -0.401. The van der Waals surface area contributed by atoms with Crippen molar-refractivity contribution in [3.63, 3.8) is 0 Å². The molecule has 27 heavy (non-hydrogen) atoms. The summed E-state index contributed by atoms with van der Waals surface area (Å²) in [6.07, 6.45) is 1.87. The Morgan fingerprint density at radius 2 is 1.63 bits per heavy atom. The third-order valence-corrected chi connectivity index (χ3v) is 5.16. The molecule has 0 aliphatic rings. The van der Waals surface area contributed by atoms with Crippen molar-refractivity contribution in [3.05, 3.63) is 54.1 Å². The molecule has 0 unspecified atom stereocenters. The Morgan fingerprint density at radius 1 is 0.963 bits per heavy atom. The van der Waals surface area contributed by atoms with Crippen LogP contribution in [0, 0.1) is 0 Å². The molecule has 0 aromatic heterocycles. The molecule has 0 aliphatic heterocycles. The first kappa shape index (κ1) is 20.4.